The fourth-order valence-electron chi connectivity index (χ4n) is 1.14. The van der Waals surface area contributed by atoms with E-state index in [9.17, 15) is 0 Å². The zero-order valence-electron chi connectivity index (χ0n) is 6.62. The van der Waals surface area contributed by atoms with Gasteiger partial charge in [-0.2, -0.15) is 0 Å². The molecule has 3 N–H and O–H groups in total. The van der Waals surface area contributed by atoms with Crippen molar-refractivity contribution in [3.8, 4) is 0 Å². The third-order valence-electron chi connectivity index (χ3n) is 1.66. The molecular formula is C8H7BrN2O2. The van der Waals surface area contributed by atoms with Crippen molar-refractivity contribution in [3.63, 3.8) is 0 Å². The second-order valence-electron chi connectivity index (χ2n) is 2.61. The van der Waals surface area contributed by atoms with E-state index in [1.54, 1.807) is 12.1 Å². The summed E-state index contributed by atoms with van der Waals surface area (Å²) in [5.41, 5.74) is 7.36. The highest BCUT2D eigenvalue weighted by Crippen LogP contribution is 2.26. The number of oxazole rings is 1. The van der Waals surface area contributed by atoms with Crippen LogP contribution in [0.4, 0.5) is 5.69 Å². The summed E-state index contributed by atoms with van der Waals surface area (Å²) >= 11 is 3.29. The maximum Gasteiger partial charge on any atom is 0.221 e. The summed E-state index contributed by atoms with van der Waals surface area (Å²) in [7, 11) is 0. The lowest BCUT2D eigenvalue weighted by Crippen LogP contribution is -1.84. The molecule has 2 rings (SSSR count). The molecule has 0 atom stereocenters. The highest BCUT2D eigenvalue weighted by Gasteiger charge is 2.08. The minimum absolute atomic E-state index is 0.217. The number of nitrogens with two attached hydrogens (primary N) is 1. The van der Waals surface area contributed by atoms with Gasteiger partial charge in [0.15, 0.2) is 5.58 Å². The summed E-state index contributed by atoms with van der Waals surface area (Å²) in [5.74, 6) is 0.278. The summed E-state index contributed by atoms with van der Waals surface area (Å²) in [6.45, 7) is -0.217. The molecule has 0 fully saturated rings. The Kier molecular flexibility index (Phi) is 1.97. The maximum atomic E-state index is 8.79. The number of halogens is 1. The van der Waals surface area contributed by atoms with Gasteiger partial charge in [-0.25, -0.2) is 4.98 Å². The minimum Gasteiger partial charge on any atom is -0.436 e. The van der Waals surface area contributed by atoms with Crippen molar-refractivity contribution in [2.24, 2.45) is 0 Å². The summed E-state index contributed by atoms with van der Waals surface area (Å²) in [4.78, 5) is 4.03. The summed E-state index contributed by atoms with van der Waals surface area (Å²) < 4.78 is 6.04. The van der Waals surface area contributed by atoms with Crippen molar-refractivity contribution in [2.75, 3.05) is 5.73 Å². The first-order valence-electron chi connectivity index (χ1n) is 3.66. The number of nitrogens with zero attached hydrogens (tertiary/aromatic N) is 1. The molecule has 0 aliphatic rings. The van der Waals surface area contributed by atoms with Gasteiger partial charge in [0.25, 0.3) is 0 Å². The number of anilines is 1. The SMILES string of the molecule is Nc1cc(Br)cc2nc(CO)oc12. The topological polar surface area (TPSA) is 72.3 Å². The van der Waals surface area contributed by atoms with Crippen molar-refractivity contribution >= 4 is 32.7 Å². The second kappa shape index (κ2) is 3.01. The van der Waals surface area contributed by atoms with Gasteiger partial charge in [-0.05, 0) is 12.1 Å². The average Bonchev–Trinajstić information content (AvgIpc) is 2.47. The summed E-state index contributed by atoms with van der Waals surface area (Å²) in [6.07, 6.45) is 0. The van der Waals surface area contributed by atoms with Crippen LogP contribution in [0.25, 0.3) is 11.1 Å². The van der Waals surface area contributed by atoms with Gasteiger partial charge >= 0.3 is 0 Å². The van der Waals surface area contributed by atoms with E-state index in [0.29, 0.717) is 16.8 Å². The monoisotopic (exact) mass is 242 g/mol. The van der Waals surface area contributed by atoms with Gasteiger partial charge < -0.3 is 15.3 Å². The molecular weight excluding hydrogens is 236 g/mol. The molecule has 13 heavy (non-hydrogen) atoms. The third kappa shape index (κ3) is 1.40. The van der Waals surface area contributed by atoms with E-state index in [1.165, 1.54) is 0 Å². The third-order valence-corrected chi connectivity index (χ3v) is 2.12. The number of fused-ring (bicyclic) bond motifs is 1. The predicted octanol–water partition coefficient (Wildman–Crippen LogP) is 1.66. The Balaban J connectivity index is 2.75. The number of aromatic nitrogens is 1. The van der Waals surface area contributed by atoms with Gasteiger partial charge in [0, 0.05) is 4.47 Å². The van der Waals surface area contributed by atoms with E-state index in [-0.39, 0.29) is 12.5 Å². The first-order valence-corrected chi connectivity index (χ1v) is 4.45. The molecule has 4 nitrogen and oxygen atoms in total. The van der Waals surface area contributed by atoms with Gasteiger partial charge in [-0.15, -0.1) is 0 Å². The van der Waals surface area contributed by atoms with E-state index in [4.69, 9.17) is 15.3 Å². The van der Waals surface area contributed by atoms with Crippen LogP contribution in [-0.4, -0.2) is 10.1 Å². The Labute approximate surface area is 82.5 Å². The van der Waals surface area contributed by atoms with Crippen LogP contribution in [0.1, 0.15) is 5.89 Å². The summed E-state index contributed by atoms with van der Waals surface area (Å²) in [5, 5.41) is 8.79. The van der Waals surface area contributed by atoms with Crippen molar-refractivity contribution in [1.82, 2.24) is 4.98 Å². The molecule has 0 amide bonds. The Hall–Kier alpha value is -1.07. The van der Waals surface area contributed by atoms with Crippen molar-refractivity contribution in [1.29, 1.82) is 0 Å². The molecule has 1 aromatic heterocycles. The number of rotatable bonds is 1. The number of aliphatic hydroxyl groups is 1. The fraction of sp³-hybridized carbons (Fsp3) is 0.125. The highest BCUT2D eigenvalue weighted by atomic mass is 79.9. The van der Waals surface area contributed by atoms with E-state index in [1.807, 2.05) is 0 Å². The number of hydrogen-bond acceptors (Lipinski definition) is 4. The van der Waals surface area contributed by atoms with Crippen LogP contribution in [0.2, 0.25) is 0 Å². The van der Waals surface area contributed by atoms with Crippen LogP contribution in [0.3, 0.4) is 0 Å². The van der Waals surface area contributed by atoms with Crippen molar-refractivity contribution < 1.29 is 9.52 Å². The van der Waals surface area contributed by atoms with Gasteiger partial charge in [-0.1, -0.05) is 15.9 Å². The van der Waals surface area contributed by atoms with Crippen LogP contribution in [-0.2, 0) is 6.61 Å². The Bertz CT molecular complexity index is 453. The minimum atomic E-state index is -0.217. The quantitative estimate of drug-likeness (QED) is 0.747. The molecule has 0 aliphatic carbocycles. The molecule has 0 saturated heterocycles. The van der Waals surface area contributed by atoms with Gasteiger partial charge in [0.05, 0.1) is 5.69 Å². The highest BCUT2D eigenvalue weighted by molar-refractivity contribution is 9.10. The Morgan fingerprint density at radius 2 is 2.31 bits per heavy atom. The van der Waals surface area contributed by atoms with Gasteiger partial charge in [0.2, 0.25) is 5.89 Å². The normalized spacial score (nSPS) is 10.9. The Morgan fingerprint density at radius 3 is 3.00 bits per heavy atom. The van der Waals surface area contributed by atoms with E-state index in [0.717, 1.165) is 4.47 Å². The van der Waals surface area contributed by atoms with E-state index >= 15 is 0 Å². The van der Waals surface area contributed by atoms with Crippen LogP contribution < -0.4 is 5.73 Å². The number of aliphatic hydroxyl groups excluding tert-OH is 1. The standard InChI is InChI=1S/C8H7BrN2O2/c9-4-1-5(10)8-6(2-4)11-7(3-12)13-8/h1-2,12H,3,10H2. The summed E-state index contributed by atoms with van der Waals surface area (Å²) in [6, 6.07) is 3.52. The van der Waals surface area contributed by atoms with Crippen molar-refractivity contribution in [2.45, 2.75) is 6.61 Å². The zero-order valence-corrected chi connectivity index (χ0v) is 8.21. The maximum absolute atomic E-state index is 8.79. The predicted molar refractivity (Wildman–Crippen MR) is 52.0 cm³/mol. The lowest BCUT2D eigenvalue weighted by atomic mass is 10.3. The largest absolute Gasteiger partial charge is 0.436 e. The second-order valence-corrected chi connectivity index (χ2v) is 3.52. The molecule has 1 heterocycles. The smallest absolute Gasteiger partial charge is 0.221 e. The molecule has 0 aliphatic heterocycles. The van der Waals surface area contributed by atoms with E-state index in [2.05, 4.69) is 20.9 Å². The molecule has 0 unspecified atom stereocenters. The molecule has 0 saturated carbocycles. The molecule has 0 radical (unpaired) electrons. The molecule has 0 spiro atoms. The van der Waals surface area contributed by atoms with Crippen LogP contribution in [0, 0.1) is 0 Å². The van der Waals surface area contributed by atoms with E-state index < -0.39 is 0 Å². The first kappa shape index (κ1) is 8.52. The average molecular weight is 243 g/mol. The number of nitrogen functional groups attached to an aromatic ring is 1. The first-order chi connectivity index (χ1) is 6.20. The molecule has 68 valence electrons. The number of hydrogen-bond donors (Lipinski definition) is 2. The lowest BCUT2D eigenvalue weighted by molar-refractivity contribution is 0.244. The molecule has 1 aromatic carbocycles. The van der Waals surface area contributed by atoms with Crippen molar-refractivity contribution in [3.05, 3.63) is 22.5 Å². The molecule has 5 heteroatoms. The van der Waals surface area contributed by atoms with Gasteiger partial charge in [0.1, 0.15) is 12.1 Å². The fourth-order valence-corrected chi connectivity index (χ4v) is 1.60. The van der Waals surface area contributed by atoms with Crippen LogP contribution in [0.5, 0.6) is 0 Å². The van der Waals surface area contributed by atoms with Gasteiger partial charge in [-0.3, -0.25) is 0 Å². The van der Waals surface area contributed by atoms with Crippen LogP contribution >= 0.6 is 15.9 Å². The Morgan fingerprint density at radius 1 is 1.54 bits per heavy atom. The molecule has 0 bridgehead atoms. The zero-order chi connectivity index (χ0) is 9.42. The lowest BCUT2D eigenvalue weighted by Gasteiger charge is -1.93. The number of benzene rings is 1. The van der Waals surface area contributed by atoms with Crippen LogP contribution in [0.15, 0.2) is 21.0 Å². The molecule has 2 aromatic rings.